The first-order valence-electron chi connectivity index (χ1n) is 9.16. The van der Waals surface area contributed by atoms with E-state index in [-0.39, 0.29) is 17.8 Å². The van der Waals surface area contributed by atoms with Gasteiger partial charge in [0.2, 0.25) is 5.88 Å². The van der Waals surface area contributed by atoms with Gasteiger partial charge in [0.05, 0.1) is 35.6 Å². The maximum Gasteiger partial charge on any atom is 0.253 e. The molecule has 0 saturated carbocycles. The van der Waals surface area contributed by atoms with E-state index in [1.807, 2.05) is 13.8 Å². The highest BCUT2D eigenvalue weighted by Gasteiger charge is 2.15. The Bertz CT molecular complexity index is 1020. The molecule has 29 heavy (non-hydrogen) atoms. The van der Waals surface area contributed by atoms with Crippen LogP contribution >= 0.6 is 0 Å². The zero-order valence-corrected chi connectivity index (χ0v) is 16.2. The number of nitriles is 1. The molecule has 3 rings (SSSR count). The van der Waals surface area contributed by atoms with E-state index in [4.69, 9.17) is 10.00 Å². The van der Waals surface area contributed by atoms with Crippen molar-refractivity contribution in [2.75, 3.05) is 13.2 Å². The van der Waals surface area contributed by atoms with Gasteiger partial charge in [0.1, 0.15) is 0 Å². The van der Waals surface area contributed by atoms with Crippen molar-refractivity contribution in [3.63, 3.8) is 0 Å². The Morgan fingerprint density at radius 3 is 2.66 bits per heavy atom. The average Bonchev–Trinajstić information content (AvgIpc) is 3.13. The average molecular weight is 391 g/mol. The second-order valence-corrected chi connectivity index (χ2v) is 6.42. The minimum Gasteiger partial charge on any atom is -0.493 e. The molecule has 2 heterocycles. The summed E-state index contributed by atoms with van der Waals surface area (Å²) < 4.78 is 6.57. The van der Waals surface area contributed by atoms with Crippen LogP contribution in [0, 0.1) is 11.3 Å². The largest absolute Gasteiger partial charge is 0.493 e. The quantitative estimate of drug-likeness (QED) is 0.640. The molecule has 0 aliphatic rings. The van der Waals surface area contributed by atoms with Gasteiger partial charge >= 0.3 is 0 Å². The van der Waals surface area contributed by atoms with Crippen LogP contribution < -0.4 is 5.32 Å². The number of aromatic nitrogens is 3. The number of nitrogens with zero attached hydrogens (tertiary/aromatic N) is 4. The molecule has 8 nitrogen and oxygen atoms in total. The highest BCUT2D eigenvalue weighted by molar-refractivity contribution is 5.94. The second kappa shape index (κ2) is 8.99. The zero-order chi connectivity index (χ0) is 20.8. The summed E-state index contributed by atoms with van der Waals surface area (Å²) in [5, 5.41) is 26.5. The standard InChI is InChI=1S/C21H21N5O3/c1-3-29-13-14(2)25-20(27)17-8-9-19(23-11-17)26-21(28)18(12-24-26)16-6-4-15(10-22)5-7-16/h4-9,11-12,14,28H,3,13H2,1-2H3,(H,25,27)/t14-/m0/s1. The van der Waals surface area contributed by atoms with Gasteiger partial charge < -0.3 is 15.2 Å². The van der Waals surface area contributed by atoms with Crippen molar-refractivity contribution >= 4 is 5.91 Å². The summed E-state index contributed by atoms with van der Waals surface area (Å²) in [6.07, 6.45) is 2.95. The Morgan fingerprint density at radius 1 is 1.28 bits per heavy atom. The summed E-state index contributed by atoms with van der Waals surface area (Å²) >= 11 is 0. The van der Waals surface area contributed by atoms with Crippen LogP contribution in [0.5, 0.6) is 5.88 Å². The first-order valence-corrected chi connectivity index (χ1v) is 9.16. The molecule has 0 bridgehead atoms. The third-order valence-corrected chi connectivity index (χ3v) is 4.25. The van der Waals surface area contributed by atoms with Crippen LogP contribution in [-0.2, 0) is 4.74 Å². The van der Waals surface area contributed by atoms with Crippen molar-refractivity contribution in [3.8, 4) is 28.9 Å². The Kier molecular flexibility index (Phi) is 6.22. The van der Waals surface area contributed by atoms with Crippen molar-refractivity contribution in [1.29, 1.82) is 5.26 Å². The molecule has 0 fully saturated rings. The van der Waals surface area contributed by atoms with E-state index in [0.717, 1.165) is 5.56 Å². The molecule has 0 aliphatic carbocycles. The van der Waals surface area contributed by atoms with Crippen LogP contribution in [0.3, 0.4) is 0 Å². The summed E-state index contributed by atoms with van der Waals surface area (Å²) in [5.74, 6) is 0.0465. The Hall–Kier alpha value is -3.70. The number of nitrogens with one attached hydrogen (secondary N) is 1. The minimum atomic E-state index is -0.251. The van der Waals surface area contributed by atoms with Gasteiger partial charge in [0.15, 0.2) is 5.82 Å². The van der Waals surface area contributed by atoms with Crippen molar-refractivity contribution in [2.24, 2.45) is 0 Å². The molecule has 2 aromatic heterocycles. The lowest BCUT2D eigenvalue weighted by molar-refractivity contribution is 0.0871. The number of pyridine rings is 1. The molecule has 1 amide bonds. The van der Waals surface area contributed by atoms with Crippen LogP contribution in [-0.4, -0.2) is 45.0 Å². The van der Waals surface area contributed by atoms with Gasteiger partial charge in [-0.3, -0.25) is 4.79 Å². The normalized spacial score (nSPS) is 11.6. The lowest BCUT2D eigenvalue weighted by Gasteiger charge is -2.13. The van der Waals surface area contributed by atoms with E-state index in [1.54, 1.807) is 36.4 Å². The number of hydrogen-bond acceptors (Lipinski definition) is 6. The minimum absolute atomic E-state index is 0.0789. The number of benzene rings is 1. The third kappa shape index (κ3) is 4.59. The fraction of sp³-hybridized carbons (Fsp3) is 0.238. The molecular formula is C21H21N5O3. The van der Waals surface area contributed by atoms with Gasteiger partial charge in [-0.05, 0) is 43.7 Å². The topological polar surface area (TPSA) is 113 Å². The van der Waals surface area contributed by atoms with Gasteiger partial charge in [0.25, 0.3) is 5.91 Å². The summed E-state index contributed by atoms with van der Waals surface area (Å²) in [6, 6.07) is 12.0. The van der Waals surface area contributed by atoms with Crippen molar-refractivity contribution in [1.82, 2.24) is 20.1 Å². The maximum absolute atomic E-state index is 12.3. The van der Waals surface area contributed by atoms with Crippen molar-refractivity contribution < 1.29 is 14.6 Å². The fourth-order valence-electron chi connectivity index (χ4n) is 2.73. The highest BCUT2D eigenvalue weighted by Crippen LogP contribution is 2.30. The Balaban J connectivity index is 1.75. The smallest absolute Gasteiger partial charge is 0.253 e. The fourth-order valence-corrected chi connectivity index (χ4v) is 2.73. The van der Waals surface area contributed by atoms with Crippen LogP contribution in [0.1, 0.15) is 29.8 Å². The number of carbonyl (C=O) groups is 1. The molecule has 0 unspecified atom stereocenters. The number of carbonyl (C=O) groups excluding carboxylic acids is 1. The van der Waals surface area contributed by atoms with Gasteiger partial charge in [-0.1, -0.05) is 12.1 Å². The number of amides is 1. The molecule has 0 aliphatic heterocycles. The summed E-state index contributed by atoms with van der Waals surface area (Å²) in [4.78, 5) is 16.5. The monoisotopic (exact) mass is 391 g/mol. The van der Waals surface area contributed by atoms with Crippen LogP contribution in [0.2, 0.25) is 0 Å². The second-order valence-electron chi connectivity index (χ2n) is 6.42. The zero-order valence-electron chi connectivity index (χ0n) is 16.2. The Labute approximate surface area is 168 Å². The van der Waals surface area contributed by atoms with E-state index in [2.05, 4.69) is 21.5 Å². The molecular weight excluding hydrogens is 370 g/mol. The summed E-state index contributed by atoms with van der Waals surface area (Å²) in [6.45, 7) is 4.79. The maximum atomic E-state index is 12.3. The molecule has 1 aromatic carbocycles. The lowest BCUT2D eigenvalue weighted by Crippen LogP contribution is -2.35. The third-order valence-electron chi connectivity index (χ3n) is 4.25. The van der Waals surface area contributed by atoms with E-state index >= 15 is 0 Å². The number of hydrogen-bond donors (Lipinski definition) is 2. The van der Waals surface area contributed by atoms with Crippen LogP contribution in [0.25, 0.3) is 16.9 Å². The molecule has 1 atom stereocenters. The van der Waals surface area contributed by atoms with E-state index in [0.29, 0.717) is 35.7 Å². The number of rotatable bonds is 7. The predicted molar refractivity (Wildman–Crippen MR) is 107 cm³/mol. The molecule has 2 N–H and O–H groups in total. The van der Waals surface area contributed by atoms with Gasteiger partial charge in [-0.2, -0.15) is 15.0 Å². The molecule has 0 spiro atoms. The molecule has 0 saturated heterocycles. The molecule has 8 heteroatoms. The molecule has 0 radical (unpaired) electrons. The van der Waals surface area contributed by atoms with E-state index in [9.17, 15) is 9.90 Å². The SMILES string of the molecule is CCOC[C@H](C)NC(=O)c1ccc(-n2ncc(-c3ccc(C#N)cc3)c2O)nc1. The summed E-state index contributed by atoms with van der Waals surface area (Å²) in [5.41, 5.74) is 2.18. The first kappa shape index (κ1) is 20.0. The van der Waals surface area contributed by atoms with Crippen LogP contribution in [0.15, 0.2) is 48.8 Å². The molecule has 3 aromatic rings. The van der Waals surface area contributed by atoms with Gasteiger partial charge in [-0.15, -0.1) is 0 Å². The van der Waals surface area contributed by atoms with Crippen molar-refractivity contribution in [3.05, 3.63) is 59.9 Å². The summed E-state index contributed by atoms with van der Waals surface area (Å²) in [7, 11) is 0. The van der Waals surface area contributed by atoms with Gasteiger partial charge in [-0.25, -0.2) is 4.98 Å². The number of ether oxygens (including phenoxy) is 1. The van der Waals surface area contributed by atoms with Crippen molar-refractivity contribution in [2.45, 2.75) is 19.9 Å². The number of aromatic hydroxyl groups is 1. The van der Waals surface area contributed by atoms with Gasteiger partial charge in [0, 0.05) is 18.8 Å². The predicted octanol–water partition coefficient (Wildman–Crippen LogP) is 2.67. The lowest BCUT2D eigenvalue weighted by atomic mass is 10.1. The van der Waals surface area contributed by atoms with E-state index < -0.39 is 0 Å². The van der Waals surface area contributed by atoms with Crippen LogP contribution in [0.4, 0.5) is 0 Å². The first-order chi connectivity index (χ1) is 14.0. The Morgan fingerprint density at radius 2 is 2.03 bits per heavy atom. The molecule has 148 valence electrons. The van der Waals surface area contributed by atoms with E-state index in [1.165, 1.54) is 17.1 Å². The highest BCUT2D eigenvalue weighted by atomic mass is 16.5.